The number of hydrogen-bond acceptors (Lipinski definition) is 4. The third kappa shape index (κ3) is 4.58. The number of nitrogens with one attached hydrogen (secondary N) is 2. The van der Waals surface area contributed by atoms with Crippen LogP contribution in [0.25, 0.3) is 10.9 Å². The van der Waals surface area contributed by atoms with E-state index in [0.29, 0.717) is 43.3 Å². The van der Waals surface area contributed by atoms with Crippen LogP contribution in [0.2, 0.25) is 0 Å². The van der Waals surface area contributed by atoms with E-state index in [0.717, 1.165) is 61.7 Å². The number of H-pyrrole nitrogens is 1. The van der Waals surface area contributed by atoms with E-state index in [2.05, 4.69) is 22.3 Å². The molecule has 35 heavy (non-hydrogen) atoms. The van der Waals surface area contributed by atoms with Crippen LogP contribution in [0.5, 0.6) is 0 Å². The predicted molar refractivity (Wildman–Crippen MR) is 126 cm³/mol. The van der Waals surface area contributed by atoms with Gasteiger partial charge in [-0.25, -0.2) is 5.48 Å². The van der Waals surface area contributed by atoms with Crippen molar-refractivity contribution in [2.75, 3.05) is 40.0 Å². The van der Waals surface area contributed by atoms with Gasteiger partial charge in [0.1, 0.15) is 0 Å². The van der Waals surface area contributed by atoms with Gasteiger partial charge in [0.2, 0.25) is 5.91 Å². The molecule has 2 aromatic rings. The van der Waals surface area contributed by atoms with E-state index in [-0.39, 0.29) is 11.8 Å². The van der Waals surface area contributed by atoms with Gasteiger partial charge >= 0.3 is 6.18 Å². The Labute approximate surface area is 203 Å². The number of hydroxylamine groups is 1. The summed E-state index contributed by atoms with van der Waals surface area (Å²) in [6.07, 6.45) is -0.318. The maximum Gasteiger partial charge on any atom is 0.416 e. The van der Waals surface area contributed by atoms with Crippen LogP contribution in [0, 0.1) is 17.3 Å². The summed E-state index contributed by atoms with van der Waals surface area (Å²) in [5.74, 6) is 0.978. The first-order valence-corrected chi connectivity index (χ1v) is 12.6. The fourth-order valence-corrected chi connectivity index (χ4v) is 6.65. The third-order valence-electron chi connectivity index (χ3n) is 8.74. The topological polar surface area (TPSA) is 66.6 Å². The number of aromatic nitrogens is 1. The Balaban J connectivity index is 1.33. The molecule has 0 spiro atoms. The summed E-state index contributed by atoms with van der Waals surface area (Å²) in [4.78, 5) is 23.6. The largest absolute Gasteiger partial charge is 0.416 e. The van der Waals surface area contributed by atoms with Gasteiger partial charge in [-0.1, -0.05) is 6.92 Å². The third-order valence-corrected chi connectivity index (χ3v) is 8.74. The Morgan fingerprint density at radius 2 is 2.09 bits per heavy atom. The fraction of sp³-hybridized carbons (Fsp3) is 0.654. The van der Waals surface area contributed by atoms with Crippen molar-refractivity contribution in [1.29, 1.82) is 0 Å². The van der Waals surface area contributed by atoms with Crippen LogP contribution < -0.4 is 5.48 Å². The van der Waals surface area contributed by atoms with E-state index in [1.54, 1.807) is 6.07 Å². The van der Waals surface area contributed by atoms with Crippen molar-refractivity contribution in [3.63, 3.8) is 0 Å². The van der Waals surface area contributed by atoms with Gasteiger partial charge in [0.15, 0.2) is 0 Å². The number of nitrogens with zero attached hydrogens (tertiary/aromatic N) is 1. The van der Waals surface area contributed by atoms with Crippen molar-refractivity contribution in [3.8, 4) is 0 Å². The molecule has 3 heterocycles. The van der Waals surface area contributed by atoms with Crippen LogP contribution in [0.1, 0.15) is 55.3 Å². The summed E-state index contributed by atoms with van der Waals surface area (Å²) < 4.78 is 45.7. The smallest absolute Gasteiger partial charge is 0.381 e. The number of alkyl halides is 3. The SMILES string of the molecule is CONC(=O)C1(CCN2CC[C@@H]3Cc4[nH]c5ccc(C(F)(F)F)cc5c4[C@H](C)[C@H]3C2)CCOCC1. The first kappa shape index (κ1) is 24.6. The number of halogens is 3. The zero-order chi connectivity index (χ0) is 24.8. The van der Waals surface area contributed by atoms with E-state index in [1.807, 2.05) is 0 Å². The summed E-state index contributed by atoms with van der Waals surface area (Å²) in [6, 6.07) is 4.04. The zero-order valence-electron chi connectivity index (χ0n) is 20.3. The van der Waals surface area contributed by atoms with Crippen LogP contribution in [0.3, 0.4) is 0 Å². The van der Waals surface area contributed by atoms with Crippen molar-refractivity contribution in [3.05, 3.63) is 35.0 Å². The summed E-state index contributed by atoms with van der Waals surface area (Å²) in [7, 11) is 1.46. The van der Waals surface area contributed by atoms with Gasteiger partial charge in [-0.05, 0) is 86.7 Å². The number of carbonyl (C=O) groups excluding carboxylic acids is 1. The Bertz CT molecular complexity index is 1080. The van der Waals surface area contributed by atoms with Crippen molar-refractivity contribution in [2.24, 2.45) is 17.3 Å². The van der Waals surface area contributed by atoms with E-state index < -0.39 is 17.2 Å². The molecule has 3 aliphatic rings. The number of piperidine rings is 1. The first-order chi connectivity index (χ1) is 16.7. The molecule has 2 aliphatic heterocycles. The van der Waals surface area contributed by atoms with E-state index in [1.165, 1.54) is 13.2 Å². The number of fused-ring (bicyclic) bond motifs is 4. The molecular formula is C26H34F3N3O3. The molecule has 0 unspecified atom stereocenters. The highest BCUT2D eigenvalue weighted by molar-refractivity contribution is 5.86. The van der Waals surface area contributed by atoms with Crippen LogP contribution in [-0.4, -0.2) is 55.7 Å². The number of rotatable bonds is 5. The number of likely N-dealkylation sites (tertiary alicyclic amines) is 1. The summed E-state index contributed by atoms with van der Waals surface area (Å²) in [6.45, 7) is 5.99. The number of ether oxygens (including phenoxy) is 1. The van der Waals surface area contributed by atoms with E-state index in [9.17, 15) is 18.0 Å². The molecule has 0 radical (unpaired) electrons. The van der Waals surface area contributed by atoms with Crippen molar-refractivity contribution >= 4 is 16.8 Å². The number of carbonyl (C=O) groups is 1. The van der Waals surface area contributed by atoms with Crippen molar-refractivity contribution in [1.82, 2.24) is 15.4 Å². The molecule has 1 aromatic heterocycles. The Hall–Kier alpha value is -2.10. The molecule has 192 valence electrons. The van der Waals surface area contributed by atoms with Crippen LogP contribution in [0.4, 0.5) is 13.2 Å². The molecule has 5 rings (SSSR count). The Kier molecular flexibility index (Phi) is 6.61. The minimum Gasteiger partial charge on any atom is -0.381 e. The molecule has 0 saturated carbocycles. The van der Waals surface area contributed by atoms with Crippen molar-refractivity contribution < 1.29 is 27.5 Å². The van der Waals surface area contributed by atoms with Crippen molar-refractivity contribution in [2.45, 2.75) is 51.1 Å². The lowest BCUT2D eigenvalue weighted by Crippen LogP contribution is -2.49. The Morgan fingerprint density at radius 1 is 1.31 bits per heavy atom. The fourth-order valence-electron chi connectivity index (χ4n) is 6.65. The van der Waals surface area contributed by atoms with Gasteiger partial charge < -0.3 is 14.6 Å². The molecule has 0 bridgehead atoms. The molecule has 2 saturated heterocycles. The average Bonchev–Trinajstić information content (AvgIpc) is 3.21. The second-order valence-corrected chi connectivity index (χ2v) is 10.6. The normalized spacial score (nSPS) is 26.8. The predicted octanol–water partition coefficient (Wildman–Crippen LogP) is 4.65. The molecule has 2 fully saturated rings. The number of benzene rings is 1. The molecule has 3 atom stereocenters. The highest BCUT2D eigenvalue weighted by Crippen LogP contribution is 2.47. The molecule has 1 aliphatic carbocycles. The van der Waals surface area contributed by atoms with Gasteiger partial charge in [-0.15, -0.1) is 0 Å². The van der Waals surface area contributed by atoms with Crippen LogP contribution in [-0.2, 0) is 27.0 Å². The lowest BCUT2D eigenvalue weighted by Gasteiger charge is -2.45. The molecule has 1 aromatic carbocycles. The first-order valence-electron chi connectivity index (χ1n) is 12.6. The minimum absolute atomic E-state index is 0.0758. The second kappa shape index (κ2) is 9.41. The lowest BCUT2D eigenvalue weighted by atomic mass is 9.68. The number of hydrogen-bond donors (Lipinski definition) is 2. The summed E-state index contributed by atoms with van der Waals surface area (Å²) in [5, 5.41) is 0.704. The summed E-state index contributed by atoms with van der Waals surface area (Å²) >= 11 is 0. The quantitative estimate of drug-likeness (QED) is 0.596. The van der Waals surface area contributed by atoms with Gasteiger partial charge in [0.25, 0.3) is 0 Å². The monoisotopic (exact) mass is 493 g/mol. The standard InChI is InChI=1S/C26H34F3N3O3/c1-16-20-15-32(10-6-25(24(33)31-34-2)7-11-35-12-8-25)9-5-17(20)13-22-23(16)19-14-18(26(27,28)29)3-4-21(19)30-22/h3-4,14,16-17,20,30H,5-13,15H2,1-2H3,(H,31,33)/t16-,17-,20-/m1/s1. The molecular weight excluding hydrogens is 459 g/mol. The maximum absolute atomic E-state index is 13.4. The van der Waals surface area contributed by atoms with Crippen LogP contribution >= 0.6 is 0 Å². The Morgan fingerprint density at radius 3 is 2.80 bits per heavy atom. The maximum atomic E-state index is 13.4. The minimum atomic E-state index is -4.35. The van der Waals surface area contributed by atoms with Gasteiger partial charge in [-0.2, -0.15) is 13.2 Å². The molecule has 6 nitrogen and oxygen atoms in total. The molecule has 1 amide bonds. The zero-order valence-corrected chi connectivity index (χ0v) is 20.3. The summed E-state index contributed by atoms with van der Waals surface area (Å²) in [5.41, 5.74) is 4.39. The number of aromatic amines is 1. The van der Waals surface area contributed by atoms with E-state index >= 15 is 0 Å². The highest BCUT2D eigenvalue weighted by Gasteiger charge is 2.43. The average molecular weight is 494 g/mol. The molecule has 9 heteroatoms. The second-order valence-electron chi connectivity index (χ2n) is 10.6. The highest BCUT2D eigenvalue weighted by atomic mass is 19.4. The number of amides is 1. The van der Waals surface area contributed by atoms with Gasteiger partial charge in [0, 0.05) is 36.4 Å². The molecule has 2 N–H and O–H groups in total. The lowest BCUT2D eigenvalue weighted by molar-refractivity contribution is -0.148. The van der Waals surface area contributed by atoms with Gasteiger partial charge in [0.05, 0.1) is 18.1 Å². The van der Waals surface area contributed by atoms with E-state index in [4.69, 9.17) is 9.57 Å². The van der Waals surface area contributed by atoms with Gasteiger partial charge in [-0.3, -0.25) is 9.63 Å². The van der Waals surface area contributed by atoms with Crippen LogP contribution in [0.15, 0.2) is 18.2 Å².